The van der Waals surface area contributed by atoms with Crippen LogP contribution in [0.3, 0.4) is 0 Å². The van der Waals surface area contributed by atoms with Gasteiger partial charge >= 0.3 is 0 Å². The van der Waals surface area contributed by atoms with Gasteiger partial charge in [0.1, 0.15) is 13.3 Å². The molecule has 0 aromatic carbocycles. The van der Waals surface area contributed by atoms with Gasteiger partial charge in [0.2, 0.25) is 0 Å². The Bertz CT molecular complexity index is 131. The first-order valence-electron chi connectivity index (χ1n) is 5.19. The monoisotopic (exact) mass is 171 g/mol. The van der Waals surface area contributed by atoms with Crippen LogP contribution in [0.1, 0.15) is 27.7 Å². The smallest absolute Gasteiger partial charge is 0.140 e. The minimum absolute atomic E-state index is 0.820. The predicted octanol–water partition coefficient (Wildman–Crippen LogP) is 1.73. The summed E-state index contributed by atoms with van der Waals surface area (Å²) in [7, 11) is 0. The van der Waals surface area contributed by atoms with Crippen molar-refractivity contribution in [3.05, 3.63) is 0 Å². The van der Waals surface area contributed by atoms with Gasteiger partial charge in [-0.3, -0.25) is 4.48 Å². The van der Waals surface area contributed by atoms with Crippen molar-refractivity contribution in [1.82, 2.24) is 4.90 Å². The summed E-state index contributed by atoms with van der Waals surface area (Å²) in [5, 5.41) is 0. The number of nitrogens with zero attached hydrogens (tertiary/aromatic N) is 2. The van der Waals surface area contributed by atoms with Crippen LogP contribution in [-0.2, 0) is 0 Å². The fraction of sp³-hybridized carbons (Fsp3) is 1.00. The van der Waals surface area contributed by atoms with Crippen LogP contribution in [0.15, 0.2) is 0 Å². The van der Waals surface area contributed by atoms with Gasteiger partial charge in [0, 0.05) is 6.54 Å². The van der Waals surface area contributed by atoms with Crippen molar-refractivity contribution >= 4 is 0 Å². The average molecular weight is 171 g/mol. The van der Waals surface area contributed by atoms with E-state index < -0.39 is 0 Å². The van der Waals surface area contributed by atoms with Crippen LogP contribution in [0, 0.1) is 5.92 Å². The third-order valence-electron chi connectivity index (χ3n) is 2.96. The predicted molar refractivity (Wildman–Crippen MR) is 52.6 cm³/mol. The minimum atomic E-state index is 0.820. The first-order valence-corrected chi connectivity index (χ1v) is 5.19. The zero-order valence-electron chi connectivity index (χ0n) is 9.01. The fourth-order valence-electron chi connectivity index (χ4n) is 2.06. The summed E-state index contributed by atoms with van der Waals surface area (Å²) in [5.74, 6) is 0.820. The highest BCUT2D eigenvalue weighted by molar-refractivity contribution is 4.60. The largest absolute Gasteiger partial charge is 0.299 e. The summed E-state index contributed by atoms with van der Waals surface area (Å²) in [6.07, 6.45) is 0. The van der Waals surface area contributed by atoms with Crippen molar-refractivity contribution in [2.75, 3.05) is 33.0 Å². The lowest BCUT2D eigenvalue weighted by Crippen LogP contribution is -2.69. The van der Waals surface area contributed by atoms with E-state index in [9.17, 15) is 0 Å². The third-order valence-corrected chi connectivity index (χ3v) is 2.96. The maximum atomic E-state index is 2.57. The lowest BCUT2D eigenvalue weighted by molar-refractivity contribution is -0.993. The van der Waals surface area contributed by atoms with Crippen LogP contribution in [0.25, 0.3) is 0 Å². The Balaban J connectivity index is 2.25. The Kier molecular flexibility index (Phi) is 3.13. The molecule has 1 rings (SSSR count). The zero-order chi connectivity index (χ0) is 9.19. The molecule has 0 bridgehead atoms. The van der Waals surface area contributed by atoms with Crippen LogP contribution in [0.2, 0.25) is 0 Å². The van der Waals surface area contributed by atoms with Crippen molar-refractivity contribution in [3.8, 4) is 0 Å². The van der Waals surface area contributed by atoms with Crippen LogP contribution in [0.5, 0.6) is 0 Å². The summed E-state index contributed by atoms with van der Waals surface area (Å²) in [4.78, 5) is 2.57. The van der Waals surface area contributed by atoms with Crippen molar-refractivity contribution < 1.29 is 4.48 Å². The summed E-state index contributed by atoms with van der Waals surface area (Å²) in [5.41, 5.74) is 0. The molecule has 1 saturated heterocycles. The minimum Gasteiger partial charge on any atom is -0.299 e. The molecule has 0 unspecified atom stereocenters. The quantitative estimate of drug-likeness (QED) is 0.582. The number of quaternary nitrogens is 1. The van der Waals surface area contributed by atoms with Gasteiger partial charge < -0.3 is 0 Å². The molecule has 2 heteroatoms. The maximum Gasteiger partial charge on any atom is 0.140 e. The first kappa shape index (κ1) is 10.0. The van der Waals surface area contributed by atoms with E-state index in [2.05, 4.69) is 32.6 Å². The lowest BCUT2D eigenvalue weighted by Gasteiger charge is -2.51. The molecule has 2 nitrogen and oxygen atoms in total. The van der Waals surface area contributed by atoms with E-state index in [1.807, 2.05) is 0 Å². The first-order chi connectivity index (χ1) is 5.62. The molecular weight excluding hydrogens is 148 g/mol. The molecule has 0 aliphatic carbocycles. The molecule has 0 saturated carbocycles. The number of rotatable bonds is 4. The van der Waals surface area contributed by atoms with Gasteiger partial charge in [-0.05, 0) is 19.8 Å². The molecule has 0 spiro atoms. The van der Waals surface area contributed by atoms with E-state index in [1.54, 1.807) is 0 Å². The Labute approximate surface area is 76.7 Å². The van der Waals surface area contributed by atoms with Crippen molar-refractivity contribution in [3.63, 3.8) is 0 Å². The van der Waals surface area contributed by atoms with Gasteiger partial charge in [-0.2, -0.15) is 0 Å². The molecule has 1 heterocycles. The molecule has 0 aromatic heterocycles. The van der Waals surface area contributed by atoms with E-state index in [0.717, 1.165) is 5.92 Å². The maximum absolute atomic E-state index is 2.57. The Morgan fingerprint density at radius 1 is 1.17 bits per heavy atom. The molecule has 0 atom stereocenters. The second-order valence-corrected chi connectivity index (χ2v) is 4.50. The van der Waals surface area contributed by atoms with Crippen molar-refractivity contribution in [2.45, 2.75) is 27.7 Å². The van der Waals surface area contributed by atoms with E-state index in [0.29, 0.717) is 0 Å². The summed E-state index contributed by atoms with van der Waals surface area (Å²) in [6, 6.07) is 0. The van der Waals surface area contributed by atoms with E-state index in [1.165, 1.54) is 37.5 Å². The van der Waals surface area contributed by atoms with Crippen molar-refractivity contribution in [2.24, 2.45) is 5.92 Å². The second-order valence-electron chi connectivity index (χ2n) is 4.50. The molecule has 1 aliphatic heterocycles. The Morgan fingerprint density at radius 2 is 1.67 bits per heavy atom. The van der Waals surface area contributed by atoms with Gasteiger partial charge in [-0.25, -0.2) is 4.90 Å². The van der Waals surface area contributed by atoms with Crippen LogP contribution >= 0.6 is 0 Å². The molecular formula is C10H23N2+. The normalized spacial score (nSPS) is 22.8. The molecule has 1 aliphatic rings. The highest BCUT2D eigenvalue weighted by Gasteiger charge is 2.38. The van der Waals surface area contributed by atoms with Gasteiger partial charge in [-0.1, -0.05) is 13.8 Å². The summed E-state index contributed by atoms with van der Waals surface area (Å²) in [6.45, 7) is 15.6. The van der Waals surface area contributed by atoms with Crippen LogP contribution in [-0.4, -0.2) is 42.4 Å². The number of hydrogen-bond donors (Lipinski definition) is 0. The van der Waals surface area contributed by atoms with Crippen molar-refractivity contribution in [1.29, 1.82) is 0 Å². The molecule has 0 amide bonds. The summed E-state index contributed by atoms with van der Waals surface area (Å²) < 4.78 is 1.31. The topological polar surface area (TPSA) is 3.24 Å². The number of hydrogen-bond acceptors (Lipinski definition) is 1. The van der Waals surface area contributed by atoms with Gasteiger partial charge in [0.25, 0.3) is 0 Å². The molecule has 0 radical (unpaired) electrons. The highest BCUT2D eigenvalue weighted by Crippen LogP contribution is 2.20. The van der Waals surface area contributed by atoms with E-state index >= 15 is 0 Å². The fourth-order valence-corrected chi connectivity index (χ4v) is 2.06. The molecule has 0 aromatic rings. The van der Waals surface area contributed by atoms with Gasteiger partial charge in [0.05, 0.1) is 13.1 Å². The standard InChI is InChI=1S/C10H23N2/c1-5-12(6-2)8-11(9-12)7-10(3)4/h10H,5-9H2,1-4H3/q+1. The zero-order valence-corrected chi connectivity index (χ0v) is 9.01. The second kappa shape index (κ2) is 3.75. The van der Waals surface area contributed by atoms with Crippen LogP contribution in [0.4, 0.5) is 0 Å². The third kappa shape index (κ3) is 1.99. The molecule has 0 N–H and O–H groups in total. The Hall–Kier alpha value is -0.0800. The van der Waals surface area contributed by atoms with Gasteiger partial charge in [0.15, 0.2) is 0 Å². The van der Waals surface area contributed by atoms with Crippen LogP contribution < -0.4 is 0 Å². The molecule has 72 valence electrons. The molecule has 12 heavy (non-hydrogen) atoms. The summed E-state index contributed by atoms with van der Waals surface area (Å²) >= 11 is 0. The van der Waals surface area contributed by atoms with E-state index in [-0.39, 0.29) is 0 Å². The Morgan fingerprint density at radius 3 is 2.00 bits per heavy atom. The molecule has 1 fully saturated rings. The SMILES string of the molecule is CC[N+]1(CC)CN(CC(C)C)C1. The lowest BCUT2D eigenvalue weighted by atomic mass is 10.2. The average Bonchev–Trinajstić information content (AvgIpc) is 1.95. The van der Waals surface area contributed by atoms with E-state index in [4.69, 9.17) is 0 Å². The van der Waals surface area contributed by atoms with Gasteiger partial charge in [-0.15, -0.1) is 0 Å². The highest BCUT2D eigenvalue weighted by atomic mass is 15.6.